The molecular weight excluding hydrogens is 304 g/mol. The van der Waals surface area contributed by atoms with Gasteiger partial charge in [-0.2, -0.15) is 4.31 Å². The molecule has 1 fully saturated rings. The maximum atomic E-state index is 12.9. The van der Waals surface area contributed by atoms with Gasteiger partial charge in [-0.05, 0) is 37.0 Å². The molecule has 0 saturated carbocycles. The molecule has 2 aromatic rings. The van der Waals surface area contributed by atoms with E-state index in [1.807, 2.05) is 0 Å². The van der Waals surface area contributed by atoms with Gasteiger partial charge in [0.25, 0.3) is 0 Å². The number of aromatic carboxylic acids is 1. The molecule has 1 aromatic heterocycles. The van der Waals surface area contributed by atoms with Crippen LogP contribution in [0, 0.1) is 5.92 Å². The maximum absolute atomic E-state index is 12.9. The first-order chi connectivity index (χ1) is 10.4. The third-order valence-electron chi connectivity index (χ3n) is 4.24. The Bertz CT molecular complexity index is 817. The van der Waals surface area contributed by atoms with Crippen LogP contribution >= 0.6 is 0 Å². The molecule has 0 amide bonds. The molecule has 1 aliphatic rings. The lowest BCUT2D eigenvalue weighted by Gasteiger charge is -2.29. The molecule has 0 atom stereocenters. The van der Waals surface area contributed by atoms with Gasteiger partial charge < -0.3 is 10.1 Å². The molecule has 2 heterocycles. The summed E-state index contributed by atoms with van der Waals surface area (Å²) in [5.74, 6) is -0.621. The highest BCUT2D eigenvalue weighted by atomic mass is 32.2. The number of carboxylic acids is 1. The Morgan fingerprint density at radius 3 is 2.64 bits per heavy atom. The van der Waals surface area contributed by atoms with E-state index in [0.29, 0.717) is 29.9 Å². The maximum Gasteiger partial charge on any atom is 0.335 e. The predicted octanol–water partition coefficient (Wildman–Crippen LogP) is 2.29. The number of hydrogen-bond donors (Lipinski definition) is 2. The number of carboxylic acid groups (broad SMARTS) is 1. The van der Waals surface area contributed by atoms with Crippen LogP contribution < -0.4 is 0 Å². The lowest BCUT2D eigenvalue weighted by atomic mass is 10.0. The Kier molecular flexibility index (Phi) is 3.70. The molecule has 22 heavy (non-hydrogen) atoms. The number of carbonyl (C=O) groups is 1. The third kappa shape index (κ3) is 2.50. The monoisotopic (exact) mass is 322 g/mol. The Labute approximate surface area is 128 Å². The number of rotatable bonds is 3. The number of aromatic amines is 1. The van der Waals surface area contributed by atoms with Crippen LogP contribution in [-0.2, 0) is 10.0 Å². The van der Waals surface area contributed by atoms with E-state index in [4.69, 9.17) is 0 Å². The van der Waals surface area contributed by atoms with Gasteiger partial charge in [-0.1, -0.05) is 6.92 Å². The Balaban J connectivity index is 2.11. The highest BCUT2D eigenvalue weighted by Crippen LogP contribution is 2.29. The van der Waals surface area contributed by atoms with Crippen molar-refractivity contribution < 1.29 is 18.3 Å². The molecule has 1 saturated heterocycles. The van der Waals surface area contributed by atoms with Crippen LogP contribution in [0.5, 0.6) is 0 Å². The number of piperidine rings is 1. The van der Waals surface area contributed by atoms with Crippen molar-refractivity contribution in [3.8, 4) is 0 Å². The first kappa shape index (κ1) is 15.1. The molecule has 118 valence electrons. The first-order valence-electron chi connectivity index (χ1n) is 7.24. The highest BCUT2D eigenvalue weighted by Gasteiger charge is 2.30. The lowest BCUT2D eigenvalue weighted by Crippen LogP contribution is -2.38. The zero-order valence-electron chi connectivity index (χ0n) is 12.2. The van der Waals surface area contributed by atoms with Gasteiger partial charge in [0.1, 0.15) is 0 Å². The van der Waals surface area contributed by atoms with Gasteiger partial charge in [0.05, 0.1) is 10.5 Å². The van der Waals surface area contributed by atoms with Crippen molar-refractivity contribution in [2.24, 2.45) is 5.92 Å². The van der Waals surface area contributed by atoms with Crippen molar-refractivity contribution in [3.63, 3.8) is 0 Å². The Hall–Kier alpha value is -1.86. The summed E-state index contributed by atoms with van der Waals surface area (Å²) in [7, 11) is -3.69. The van der Waals surface area contributed by atoms with Crippen molar-refractivity contribution in [1.29, 1.82) is 0 Å². The fraction of sp³-hybridized carbons (Fsp3) is 0.400. The lowest BCUT2D eigenvalue weighted by molar-refractivity contribution is 0.0697. The van der Waals surface area contributed by atoms with Gasteiger partial charge in [-0.3, -0.25) is 0 Å². The minimum Gasteiger partial charge on any atom is -0.478 e. The van der Waals surface area contributed by atoms with Crippen LogP contribution in [0.25, 0.3) is 10.9 Å². The number of H-pyrrole nitrogens is 1. The molecule has 1 aliphatic heterocycles. The quantitative estimate of drug-likeness (QED) is 0.907. The number of nitrogens with zero attached hydrogens (tertiary/aromatic N) is 1. The smallest absolute Gasteiger partial charge is 0.335 e. The van der Waals surface area contributed by atoms with E-state index < -0.39 is 16.0 Å². The molecule has 7 heteroatoms. The zero-order chi connectivity index (χ0) is 15.9. The van der Waals surface area contributed by atoms with Crippen molar-refractivity contribution in [3.05, 3.63) is 30.0 Å². The minimum atomic E-state index is -3.69. The second kappa shape index (κ2) is 5.40. The molecule has 3 rings (SSSR count). The van der Waals surface area contributed by atoms with E-state index >= 15 is 0 Å². The van der Waals surface area contributed by atoms with Crippen LogP contribution in [-0.4, -0.2) is 41.9 Å². The second-order valence-electron chi connectivity index (χ2n) is 5.81. The van der Waals surface area contributed by atoms with E-state index in [1.165, 1.54) is 16.4 Å². The molecule has 2 N–H and O–H groups in total. The van der Waals surface area contributed by atoms with Crippen molar-refractivity contribution in [1.82, 2.24) is 9.29 Å². The van der Waals surface area contributed by atoms with E-state index in [1.54, 1.807) is 12.3 Å². The molecule has 0 bridgehead atoms. The van der Waals surface area contributed by atoms with E-state index in [2.05, 4.69) is 11.9 Å². The molecule has 1 aromatic carbocycles. The van der Waals surface area contributed by atoms with Crippen LogP contribution in [0.2, 0.25) is 0 Å². The highest BCUT2D eigenvalue weighted by molar-refractivity contribution is 7.89. The second-order valence-corrected chi connectivity index (χ2v) is 7.71. The summed E-state index contributed by atoms with van der Waals surface area (Å²) in [6.07, 6.45) is 3.27. The summed E-state index contributed by atoms with van der Waals surface area (Å²) in [5, 5.41) is 9.73. The summed E-state index contributed by atoms with van der Waals surface area (Å²) < 4.78 is 27.3. The van der Waals surface area contributed by atoms with E-state index in [0.717, 1.165) is 12.8 Å². The number of nitrogens with one attached hydrogen (secondary N) is 1. The Morgan fingerprint density at radius 2 is 2.00 bits per heavy atom. The third-order valence-corrected chi connectivity index (χ3v) is 6.18. The number of sulfonamides is 1. The summed E-state index contributed by atoms with van der Waals surface area (Å²) in [6.45, 7) is 3.07. The first-order valence-corrected chi connectivity index (χ1v) is 8.68. The summed E-state index contributed by atoms with van der Waals surface area (Å²) in [5.41, 5.74) is 0.489. The topological polar surface area (TPSA) is 90.5 Å². The standard InChI is InChI=1S/C15H18N2O4S/c1-10-3-6-17(7-4-10)22(20,21)14-9-11(15(18)19)8-13-12(14)2-5-16-13/h2,5,8-10,16H,3-4,6-7H2,1H3,(H,18,19). The van der Waals surface area contributed by atoms with E-state index in [9.17, 15) is 18.3 Å². The largest absolute Gasteiger partial charge is 0.478 e. The van der Waals surface area contributed by atoms with Gasteiger partial charge in [0.2, 0.25) is 10.0 Å². The van der Waals surface area contributed by atoms with Gasteiger partial charge in [0.15, 0.2) is 0 Å². The summed E-state index contributed by atoms with van der Waals surface area (Å²) in [6, 6.07) is 4.38. The van der Waals surface area contributed by atoms with Crippen molar-refractivity contribution in [2.75, 3.05) is 13.1 Å². The SMILES string of the molecule is CC1CCN(S(=O)(=O)c2cc(C(=O)O)cc3[nH]ccc23)CC1. The molecule has 0 aliphatic carbocycles. The Morgan fingerprint density at radius 1 is 1.32 bits per heavy atom. The minimum absolute atomic E-state index is 0.0288. The number of fused-ring (bicyclic) bond motifs is 1. The zero-order valence-corrected chi connectivity index (χ0v) is 13.1. The fourth-order valence-corrected chi connectivity index (χ4v) is 4.54. The molecular formula is C15H18N2O4S. The molecule has 0 spiro atoms. The van der Waals surface area contributed by atoms with Gasteiger partial charge >= 0.3 is 5.97 Å². The average Bonchev–Trinajstić information content (AvgIpc) is 2.94. The van der Waals surface area contributed by atoms with Crippen LogP contribution in [0.3, 0.4) is 0 Å². The average molecular weight is 322 g/mol. The van der Waals surface area contributed by atoms with Gasteiger partial charge in [0, 0.05) is 30.2 Å². The summed E-state index contributed by atoms with van der Waals surface area (Å²) in [4.78, 5) is 14.2. The van der Waals surface area contributed by atoms with E-state index in [-0.39, 0.29) is 10.5 Å². The van der Waals surface area contributed by atoms with Crippen molar-refractivity contribution in [2.45, 2.75) is 24.7 Å². The van der Waals surface area contributed by atoms with Crippen LogP contribution in [0.1, 0.15) is 30.1 Å². The molecule has 0 radical (unpaired) electrons. The predicted molar refractivity (Wildman–Crippen MR) is 82.4 cm³/mol. The van der Waals surface area contributed by atoms with Crippen LogP contribution in [0.15, 0.2) is 29.3 Å². The van der Waals surface area contributed by atoms with Gasteiger partial charge in [-0.25, -0.2) is 13.2 Å². The van der Waals surface area contributed by atoms with Crippen molar-refractivity contribution >= 4 is 26.9 Å². The molecule has 0 unspecified atom stereocenters. The number of aromatic nitrogens is 1. The van der Waals surface area contributed by atoms with Crippen LogP contribution in [0.4, 0.5) is 0 Å². The number of benzene rings is 1. The van der Waals surface area contributed by atoms with Gasteiger partial charge in [-0.15, -0.1) is 0 Å². The normalized spacial score (nSPS) is 17.9. The number of hydrogen-bond acceptors (Lipinski definition) is 3. The summed E-state index contributed by atoms with van der Waals surface area (Å²) >= 11 is 0. The fourth-order valence-electron chi connectivity index (χ4n) is 2.83. The molecule has 6 nitrogen and oxygen atoms in total.